The third kappa shape index (κ3) is 2.61. The Labute approximate surface area is 111 Å². The number of hydrogen-bond donors (Lipinski definition) is 1. The number of anilines is 1. The van der Waals surface area contributed by atoms with Gasteiger partial charge < -0.3 is 15.0 Å². The highest BCUT2D eigenvalue weighted by molar-refractivity contribution is 5.63. The van der Waals surface area contributed by atoms with Gasteiger partial charge in [-0.3, -0.25) is 0 Å². The van der Waals surface area contributed by atoms with Crippen LogP contribution < -0.4 is 5.73 Å². The van der Waals surface area contributed by atoms with Gasteiger partial charge in [-0.25, -0.2) is 0 Å². The van der Waals surface area contributed by atoms with Gasteiger partial charge in [-0.2, -0.15) is 4.98 Å². The van der Waals surface area contributed by atoms with Crippen LogP contribution in [-0.2, 0) is 11.2 Å². The van der Waals surface area contributed by atoms with Crippen molar-refractivity contribution in [2.24, 2.45) is 0 Å². The lowest BCUT2D eigenvalue weighted by atomic mass is 10.1. The summed E-state index contributed by atoms with van der Waals surface area (Å²) in [6.07, 6.45) is 3.08. The maximum Gasteiger partial charge on any atom is 0.229 e. The molecule has 0 aliphatic carbocycles. The fourth-order valence-corrected chi connectivity index (χ4v) is 2.23. The van der Waals surface area contributed by atoms with Crippen molar-refractivity contribution in [3.63, 3.8) is 0 Å². The molecule has 2 heterocycles. The number of nitrogen functional groups attached to an aromatic ring is 1. The second-order valence-electron chi connectivity index (χ2n) is 4.92. The molecule has 1 saturated heterocycles. The molecule has 1 aromatic heterocycles. The van der Waals surface area contributed by atoms with E-state index in [9.17, 15) is 0 Å². The first-order chi connectivity index (χ1) is 9.22. The van der Waals surface area contributed by atoms with E-state index < -0.39 is 0 Å². The van der Waals surface area contributed by atoms with Crippen LogP contribution in [0.3, 0.4) is 0 Å². The van der Waals surface area contributed by atoms with Crippen molar-refractivity contribution in [2.45, 2.75) is 32.3 Å². The van der Waals surface area contributed by atoms with Gasteiger partial charge in [0.2, 0.25) is 11.7 Å². The van der Waals surface area contributed by atoms with Crippen molar-refractivity contribution in [3.05, 3.63) is 29.7 Å². The summed E-state index contributed by atoms with van der Waals surface area (Å²) >= 11 is 0. The van der Waals surface area contributed by atoms with Gasteiger partial charge in [0.25, 0.3) is 0 Å². The van der Waals surface area contributed by atoms with E-state index in [1.54, 1.807) is 0 Å². The van der Waals surface area contributed by atoms with Gasteiger partial charge in [0, 0.05) is 17.9 Å². The third-order valence-electron chi connectivity index (χ3n) is 3.43. The molecule has 2 aromatic rings. The van der Waals surface area contributed by atoms with Crippen LogP contribution >= 0.6 is 0 Å². The van der Waals surface area contributed by atoms with Crippen molar-refractivity contribution >= 4 is 5.69 Å². The first-order valence-corrected chi connectivity index (χ1v) is 6.53. The average molecular weight is 259 g/mol. The Hall–Kier alpha value is -1.88. The van der Waals surface area contributed by atoms with Gasteiger partial charge in [-0.15, -0.1) is 0 Å². The summed E-state index contributed by atoms with van der Waals surface area (Å²) in [6.45, 7) is 2.80. The number of nitrogens with two attached hydrogens (primary N) is 1. The molecule has 0 bridgehead atoms. The molecule has 5 heteroatoms. The van der Waals surface area contributed by atoms with E-state index in [4.69, 9.17) is 15.0 Å². The summed E-state index contributed by atoms with van der Waals surface area (Å²) in [6, 6.07) is 5.78. The largest absolute Gasteiger partial charge is 0.398 e. The molecule has 3 rings (SSSR count). The molecule has 1 fully saturated rings. The van der Waals surface area contributed by atoms with Crippen molar-refractivity contribution < 1.29 is 9.26 Å². The number of aromatic nitrogens is 2. The molecule has 5 nitrogen and oxygen atoms in total. The maximum absolute atomic E-state index is 5.89. The van der Waals surface area contributed by atoms with Crippen molar-refractivity contribution in [3.8, 4) is 11.4 Å². The zero-order valence-corrected chi connectivity index (χ0v) is 10.9. The van der Waals surface area contributed by atoms with E-state index in [1.807, 2.05) is 25.1 Å². The van der Waals surface area contributed by atoms with Crippen LogP contribution in [0.2, 0.25) is 0 Å². The van der Waals surface area contributed by atoms with Gasteiger partial charge in [-0.05, 0) is 31.4 Å². The van der Waals surface area contributed by atoms with Gasteiger partial charge in [0.1, 0.15) is 0 Å². The topological polar surface area (TPSA) is 74.2 Å². The Balaban J connectivity index is 1.78. The van der Waals surface area contributed by atoms with Crippen molar-refractivity contribution in [2.75, 3.05) is 12.3 Å². The van der Waals surface area contributed by atoms with Crippen LogP contribution in [0, 0.1) is 6.92 Å². The first kappa shape index (κ1) is 12.2. The number of rotatable bonds is 3. The molecular formula is C14H17N3O2. The maximum atomic E-state index is 5.89. The zero-order chi connectivity index (χ0) is 13.2. The van der Waals surface area contributed by atoms with Crippen molar-refractivity contribution in [1.82, 2.24) is 10.1 Å². The van der Waals surface area contributed by atoms with Crippen LogP contribution in [-0.4, -0.2) is 22.9 Å². The fourth-order valence-electron chi connectivity index (χ4n) is 2.23. The minimum atomic E-state index is 0.219. The lowest BCUT2D eigenvalue weighted by Crippen LogP contribution is -2.08. The van der Waals surface area contributed by atoms with Crippen LogP contribution in [0.4, 0.5) is 5.69 Å². The summed E-state index contributed by atoms with van der Waals surface area (Å²) in [4.78, 5) is 4.40. The fraction of sp³-hybridized carbons (Fsp3) is 0.429. The molecular weight excluding hydrogens is 242 g/mol. The molecule has 0 amide bonds. The SMILES string of the molecule is Cc1ccc(-c2noc(CC3CCCO3)n2)cc1N. The van der Waals surface area contributed by atoms with Crippen molar-refractivity contribution in [1.29, 1.82) is 0 Å². The zero-order valence-electron chi connectivity index (χ0n) is 10.9. The standard InChI is InChI=1S/C14H17N3O2/c1-9-4-5-10(7-12(9)15)14-16-13(19-17-14)8-11-3-2-6-18-11/h4-5,7,11H,2-3,6,8,15H2,1H3. The Kier molecular flexibility index (Phi) is 3.21. The van der Waals surface area contributed by atoms with Crippen LogP contribution in [0.25, 0.3) is 11.4 Å². The summed E-state index contributed by atoms with van der Waals surface area (Å²) in [5.41, 5.74) is 8.56. The molecule has 2 N–H and O–H groups in total. The molecule has 1 aliphatic heterocycles. The van der Waals surface area contributed by atoms with E-state index in [2.05, 4.69) is 10.1 Å². The summed E-state index contributed by atoms with van der Waals surface area (Å²) < 4.78 is 10.8. The lowest BCUT2D eigenvalue weighted by molar-refractivity contribution is 0.104. The van der Waals surface area contributed by atoms with E-state index in [-0.39, 0.29) is 6.10 Å². The van der Waals surface area contributed by atoms with E-state index in [0.717, 1.165) is 36.3 Å². The monoisotopic (exact) mass is 259 g/mol. The molecule has 0 radical (unpaired) electrons. The minimum absolute atomic E-state index is 0.219. The number of benzene rings is 1. The molecule has 1 aromatic carbocycles. The van der Waals surface area contributed by atoms with Crippen LogP contribution in [0.1, 0.15) is 24.3 Å². The van der Waals surface area contributed by atoms with E-state index >= 15 is 0 Å². The molecule has 1 atom stereocenters. The Morgan fingerprint density at radius 3 is 3.05 bits per heavy atom. The smallest absolute Gasteiger partial charge is 0.229 e. The minimum Gasteiger partial charge on any atom is -0.398 e. The number of hydrogen-bond acceptors (Lipinski definition) is 5. The highest BCUT2D eigenvalue weighted by Crippen LogP contribution is 2.22. The summed E-state index contributed by atoms with van der Waals surface area (Å²) in [5.74, 6) is 1.21. The normalized spacial score (nSPS) is 18.9. The second-order valence-corrected chi connectivity index (χ2v) is 4.92. The average Bonchev–Trinajstić information content (AvgIpc) is 3.05. The molecule has 0 spiro atoms. The molecule has 100 valence electrons. The highest BCUT2D eigenvalue weighted by atomic mass is 16.5. The van der Waals surface area contributed by atoms with Gasteiger partial charge >= 0.3 is 0 Å². The molecule has 1 aliphatic rings. The Bertz CT molecular complexity index is 574. The Morgan fingerprint density at radius 1 is 1.42 bits per heavy atom. The molecule has 0 saturated carbocycles. The second kappa shape index (κ2) is 5.01. The van der Waals surface area contributed by atoms with Crippen LogP contribution in [0.15, 0.2) is 22.7 Å². The Morgan fingerprint density at radius 2 is 2.32 bits per heavy atom. The lowest BCUT2D eigenvalue weighted by Gasteiger charge is -2.03. The summed E-state index contributed by atoms with van der Waals surface area (Å²) in [5, 5.41) is 4.00. The molecule has 19 heavy (non-hydrogen) atoms. The summed E-state index contributed by atoms with van der Waals surface area (Å²) in [7, 11) is 0. The predicted octanol–water partition coefficient (Wildman–Crippen LogP) is 2.35. The number of aryl methyl sites for hydroxylation is 1. The van der Waals surface area contributed by atoms with Gasteiger partial charge in [0.05, 0.1) is 12.5 Å². The van der Waals surface area contributed by atoms with Crippen LogP contribution in [0.5, 0.6) is 0 Å². The predicted molar refractivity (Wildman–Crippen MR) is 71.6 cm³/mol. The van der Waals surface area contributed by atoms with E-state index in [1.165, 1.54) is 0 Å². The number of nitrogens with zero attached hydrogens (tertiary/aromatic N) is 2. The van der Waals surface area contributed by atoms with Gasteiger partial charge in [-0.1, -0.05) is 17.3 Å². The highest BCUT2D eigenvalue weighted by Gasteiger charge is 2.19. The van der Waals surface area contributed by atoms with E-state index in [0.29, 0.717) is 18.1 Å². The van der Waals surface area contributed by atoms with Gasteiger partial charge in [0.15, 0.2) is 0 Å². The molecule has 1 unspecified atom stereocenters. The number of ether oxygens (including phenoxy) is 1. The first-order valence-electron chi connectivity index (χ1n) is 6.53. The quantitative estimate of drug-likeness (QED) is 0.856. The third-order valence-corrected chi connectivity index (χ3v) is 3.43.